The van der Waals surface area contributed by atoms with Crippen LogP contribution in [0.15, 0.2) is 42.5 Å². The molecule has 21 heavy (non-hydrogen) atoms. The summed E-state index contributed by atoms with van der Waals surface area (Å²) in [4.78, 5) is 22.8. The van der Waals surface area contributed by atoms with E-state index < -0.39 is 12.9 Å². The van der Waals surface area contributed by atoms with Gasteiger partial charge in [-0.25, -0.2) is 0 Å². The van der Waals surface area contributed by atoms with Gasteiger partial charge >= 0.3 is 18.9 Å². The Bertz CT molecular complexity index is 717. The molecular formula is C16H18LiO3P. The van der Waals surface area contributed by atoms with Crippen molar-refractivity contribution < 1.29 is 34.5 Å². The topological polar surface area (TPSA) is 54.4 Å². The van der Waals surface area contributed by atoms with Crippen LogP contribution in [0.2, 0.25) is 0 Å². The maximum atomic E-state index is 12.5. The number of carbonyl (C=O) groups is 1. The summed E-state index contributed by atoms with van der Waals surface area (Å²) in [5, 5.41) is 0.172. The second kappa shape index (κ2) is 6.77. The zero-order valence-electron chi connectivity index (χ0n) is 13.8. The van der Waals surface area contributed by atoms with Gasteiger partial charge in [0.15, 0.2) is 0 Å². The van der Waals surface area contributed by atoms with Crippen molar-refractivity contribution in [2.45, 2.75) is 20.8 Å². The third-order valence-corrected chi connectivity index (χ3v) is 5.31. The van der Waals surface area contributed by atoms with Crippen LogP contribution in [0, 0.1) is 20.8 Å². The minimum absolute atomic E-state index is 0. The van der Waals surface area contributed by atoms with E-state index >= 15 is 0 Å². The van der Waals surface area contributed by atoms with Gasteiger partial charge in [0.1, 0.15) is 0 Å². The third kappa shape index (κ3) is 3.39. The zero-order valence-corrected chi connectivity index (χ0v) is 13.6. The first-order valence-electron chi connectivity index (χ1n) is 6.36. The quantitative estimate of drug-likeness (QED) is 0.661. The van der Waals surface area contributed by atoms with E-state index in [4.69, 9.17) is 0 Å². The van der Waals surface area contributed by atoms with Crippen LogP contribution in [0.1, 0.15) is 28.5 Å². The van der Waals surface area contributed by atoms with Crippen molar-refractivity contribution in [1.82, 2.24) is 0 Å². The van der Waals surface area contributed by atoms with Crippen LogP contribution < -0.4 is 24.2 Å². The molecule has 0 aromatic heterocycles. The van der Waals surface area contributed by atoms with Crippen LogP contribution in [0.25, 0.3) is 0 Å². The molecule has 2 aromatic rings. The van der Waals surface area contributed by atoms with E-state index in [1.165, 1.54) is 12.1 Å². The molecule has 0 bridgehead atoms. The van der Waals surface area contributed by atoms with E-state index in [1.807, 2.05) is 13.0 Å². The molecule has 5 heteroatoms. The largest absolute Gasteiger partial charge is 1.00 e. The molecule has 0 heterocycles. The van der Waals surface area contributed by atoms with Crippen molar-refractivity contribution in [3.63, 3.8) is 0 Å². The molecule has 1 N–H and O–H groups in total. The van der Waals surface area contributed by atoms with Gasteiger partial charge in [-0.05, 0) is 49.6 Å². The first-order valence-corrected chi connectivity index (χ1v) is 8.01. The number of benzene rings is 2. The van der Waals surface area contributed by atoms with Crippen LogP contribution in [0.4, 0.5) is 0 Å². The van der Waals surface area contributed by atoms with E-state index in [0.717, 1.165) is 16.7 Å². The Morgan fingerprint density at radius 1 is 1.00 bits per heavy atom. The SMILES string of the molecule is Cc1ccc(C)c(C(=O)P(=O)(O)c2ccccc2)c1C.[H-].[Li+]. The Hall–Kier alpha value is -1.10. The smallest absolute Gasteiger partial charge is 1.00 e. The minimum Gasteiger partial charge on any atom is -1.00 e. The van der Waals surface area contributed by atoms with Gasteiger partial charge in [0.05, 0.1) is 0 Å². The standard InChI is InChI=1S/C16H17O3P.Li.H/c1-11-9-10-12(2)15(13(11)3)16(17)20(18,19)14-7-5-4-6-8-14;;/h4-10H,1-3H3,(H,18,19);;/q;+1;-1. The molecule has 1 unspecified atom stereocenters. The van der Waals surface area contributed by atoms with E-state index in [1.54, 1.807) is 38.1 Å². The molecular weight excluding hydrogens is 278 g/mol. The van der Waals surface area contributed by atoms with Crippen LogP contribution in [-0.4, -0.2) is 10.4 Å². The Morgan fingerprint density at radius 3 is 2.10 bits per heavy atom. The Morgan fingerprint density at radius 2 is 1.52 bits per heavy atom. The summed E-state index contributed by atoms with van der Waals surface area (Å²) in [6.07, 6.45) is 0. The third-order valence-electron chi connectivity index (χ3n) is 3.54. The maximum absolute atomic E-state index is 12.5. The number of hydrogen-bond acceptors (Lipinski definition) is 2. The summed E-state index contributed by atoms with van der Waals surface area (Å²) >= 11 is 0. The Kier molecular flexibility index (Phi) is 5.79. The molecule has 1 atom stereocenters. The predicted molar refractivity (Wildman–Crippen MR) is 82.0 cm³/mol. The van der Waals surface area contributed by atoms with Crippen molar-refractivity contribution >= 4 is 18.2 Å². The maximum Gasteiger partial charge on any atom is 1.00 e. The van der Waals surface area contributed by atoms with Crippen molar-refractivity contribution in [2.75, 3.05) is 0 Å². The van der Waals surface area contributed by atoms with E-state index in [9.17, 15) is 14.3 Å². The minimum atomic E-state index is -4.07. The summed E-state index contributed by atoms with van der Waals surface area (Å²) in [5.74, 6) is 0. The summed E-state index contributed by atoms with van der Waals surface area (Å²) in [6.45, 7) is 5.47. The second-order valence-corrected chi connectivity index (χ2v) is 6.99. The molecule has 2 aromatic carbocycles. The number of hydrogen-bond donors (Lipinski definition) is 1. The summed E-state index contributed by atoms with van der Waals surface area (Å²) in [6, 6.07) is 11.8. The van der Waals surface area contributed by atoms with Crippen molar-refractivity contribution in [3.8, 4) is 0 Å². The number of carbonyl (C=O) groups excluding carboxylic acids is 1. The van der Waals surface area contributed by atoms with E-state index in [0.29, 0.717) is 5.56 Å². The summed E-state index contributed by atoms with van der Waals surface area (Å²) < 4.78 is 12.5. The van der Waals surface area contributed by atoms with Crippen LogP contribution in [0.3, 0.4) is 0 Å². The first kappa shape index (κ1) is 17.9. The van der Waals surface area contributed by atoms with Gasteiger partial charge in [0.25, 0.3) is 12.9 Å². The predicted octanol–water partition coefficient (Wildman–Crippen LogP) is 0.464. The molecule has 0 spiro atoms. The van der Waals surface area contributed by atoms with Crippen LogP contribution in [-0.2, 0) is 4.57 Å². The van der Waals surface area contributed by atoms with Crippen molar-refractivity contribution in [2.24, 2.45) is 0 Å². The molecule has 2 rings (SSSR count). The van der Waals surface area contributed by atoms with Gasteiger partial charge in [0.2, 0.25) is 0 Å². The average Bonchev–Trinajstić information content (AvgIpc) is 2.44. The Labute approximate surface area is 138 Å². The molecule has 3 nitrogen and oxygen atoms in total. The monoisotopic (exact) mass is 296 g/mol. The van der Waals surface area contributed by atoms with Gasteiger partial charge in [0, 0.05) is 10.9 Å². The zero-order chi connectivity index (χ0) is 14.9. The summed E-state index contributed by atoms with van der Waals surface area (Å²) in [7, 11) is -4.07. The molecule has 106 valence electrons. The van der Waals surface area contributed by atoms with Gasteiger partial charge in [-0.2, -0.15) is 0 Å². The molecule has 0 aliphatic carbocycles. The fraction of sp³-hybridized carbons (Fsp3) is 0.188. The van der Waals surface area contributed by atoms with Gasteiger partial charge in [-0.15, -0.1) is 0 Å². The van der Waals surface area contributed by atoms with Crippen molar-refractivity contribution in [1.29, 1.82) is 0 Å². The fourth-order valence-electron chi connectivity index (χ4n) is 2.18. The normalized spacial score (nSPS) is 13.1. The van der Waals surface area contributed by atoms with Gasteiger partial charge < -0.3 is 6.32 Å². The van der Waals surface area contributed by atoms with Crippen LogP contribution in [0.5, 0.6) is 0 Å². The number of aryl methyl sites for hydroxylation is 2. The molecule has 0 radical (unpaired) electrons. The molecule has 0 fully saturated rings. The van der Waals surface area contributed by atoms with Crippen molar-refractivity contribution in [3.05, 3.63) is 64.7 Å². The average molecular weight is 296 g/mol. The fourth-order valence-corrected chi connectivity index (χ4v) is 3.64. The van der Waals surface area contributed by atoms with E-state index in [-0.39, 0.29) is 25.6 Å². The van der Waals surface area contributed by atoms with E-state index in [2.05, 4.69) is 0 Å². The molecule has 0 saturated heterocycles. The van der Waals surface area contributed by atoms with Gasteiger partial charge in [-0.3, -0.25) is 9.36 Å². The Balaban J connectivity index is 0.00000220. The molecule has 0 aliphatic heterocycles. The molecule has 0 amide bonds. The van der Waals surface area contributed by atoms with Crippen LogP contribution >= 0.6 is 7.37 Å². The molecule has 0 aliphatic rings. The second-order valence-electron chi connectivity index (χ2n) is 4.92. The molecule has 0 saturated carbocycles. The number of rotatable bonds is 3. The first-order chi connectivity index (χ1) is 9.35. The van der Waals surface area contributed by atoms with Gasteiger partial charge in [-0.1, -0.05) is 30.3 Å². The summed E-state index contributed by atoms with van der Waals surface area (Å²) in [5.41, 5.74) is 2.10.